The Morgan fingerprint density at radius 2 is 1.47 bits per heavy atom. The number of rotatable bonds is 25. The SMILES string of the molecule is CCCCCCCCCCCCCC(=O)OC(C)COC(CN=[N+]=[N-])COC(C)COCc1ccccc1. The molecule has 1 aromatic carbocycles. The van der Waals surface area contributed by atoms with Crippen molar-refractivity contribution in [2.24, 2.45) is 5.11 Å². The first-order valence-corrected chi connectivity index (χ1v) is 14.6. The van der Waals surface area contributed by atoms with Gasteiger partial charge in [0.2, 0.25) is 0 Å². The fourth-order valence-electron chi connectivity index (χ4n) is 4.04. The van der Waals surface area contributed by atoms with Crippen molar-refractivity contribution < 1.29 is 23.7 Å². The van der Waals surface area contributed by atoms with Crippen LogP contribution in [0, 0.1) is 0 Å². The number of esters is 1. The zero-order chi connectivity index (χ0) is 27.7. The molecule has 38 heavy (non-hydrogen) atoms. The van der Waals surface area contributed by atoms with Gasteiger partial charge in [0.1, 0.15) is 6.10 Å². The molecule has 1 rings (SSSR count). The predicted molar refractivity (Wildman–Crippen MR) is 152 cm³/mol. The van der Waals surface area contributed by atoms with E-state index in [4.69, 9.17) is 24.5 Å². The van der Waals surface area contributed by atoms with Crippen molar-refractivity contribution in [2.75, 3.05) is 26.4 Å². The van der Waals surface area contributed by atoms with E-state index in [1.807, 2.05) is 44.2 Å². The minimum atomic E-state index is -0.421. The topological polar surface area (TPSA) is 103 Å². The van der Waals surface area contributed by atoms with Gasteiger partial charge in [-0.15, -0.1) is 0 Å². The highest BCUT2D eigenvalue weighted by molar-refractivity contribution is 5.69. The lowest BCUT2D eigenvalue weighted by molar-refractivity contribution is -0.153. The smallest absolute Gasteiger partial charge is 0.306 e. The number of benzene rings is 1. The molecule has 0 radical (unpaired) electrons. The predicted octanol–water partition coefficient (Wildman–Crippen LogP) is 7.94. The van der Waals surface area contributed by atoms with Gasteiger partial charge >= 0.3 is 5.97 Å². The Bertz CT molecular complexity index is 743. The summed E-state index contributed by atoms with van der Waals surface area (Å²) in [4.78, 5) is 15.0. The van der Waals surface area contributed by atoms with E-state index < -0.39 is 6.10 Å². The molecule has 1 aromatic rings. The summed E-state index contributed by atoms with van der Waals surface area (Å²) in [5, 5.41) is 3.62. The summed E-state index contributed by atoms with van der Waals surface area (Å²) in [6.45, 7) is 7.57. The van der Waals surface area contributed by atoms with Crippen LogP contribution in [0.4, 0.5) is 0 Å². The number of nitrogens with zero attached hydrogens (tertiary/aromatic N) is 3. The first-order valence-electron chi connectivity index (χ1n) is 14.6. The Morgan fingerprint density at radius 1 is 0.842 bits per heavy atom. The third-order valence-electron chi connectivity index (χ3n) is 6.26. The molecule has 0 N–H and O–H groups in total. The second-order valence-corrected chi connectivity index (χ2v) is 10.1. The molecule has 8 nitrogen and oxygen atoms in total. The van der Waals surface area contributed by atoms with E-state index in [-0.39, 0.29) is 37.9 Å². The molecule has 0 aliphatic carbocycles. The van der Waals surface area contributed by atoms with Crippen LogP contribution in [0.15, 0.2) is 35.4 Å². The van der Waals surface area contributed by atoms with Gasteiger partial charge in [-0.25, -0.2) is 0 Å². The zero-order valence-corrected chi connectivity index (χ0v) is 24.0. The van der Waals surface area contributed by atoms with Crippen molar-refractivity contribution in [1.82, 2.24) is 0 Å². The molecule has 0 saturated carbocycles. The van der Waals surface area contributed by atoms with Crippen molar-refractivity contribution in [3.05, 3.63) is 46.3 Å². The summed E-state index contributed by atoms with van der Waals surface area (Å²) in [5.41, 5.74) is 9.80. The van der Waals surface area contributed by atoms with Gasteiger partial charge < -0.3 is 18.9 Å². The van der Waals surface area contributed by atoms with Crippen LogP contribution in [0.2, 0.25) is 0 Å². The maximum absolute atomic E-state index is 12.2. The van der Waals surface area contributed by atoms with E-state index >= 15 is 0 Å². The van der Waals surface area contributed by atoms with Gasteiger partial charge in [-0.1, -0.05) is 107 Å². The minimum absolute atomic E-state index is 0.142. The van der Waals surface area contributed by atoms with Crippen molar-refractivity contribution in [1.29, 1.82) is 0 Å². The standard InChI is InChI=1S/C30H51N3O5/c1-4-5-6-7-8-9-10-11-12-13-17-20-30(34)38-27(3)23-37-29(21-32-33-31)25-36-26(2)22-35-24-28-18-15-14-16-19-28/h14-16,18-19,26-27,29H,4-13,17,20-25H2,1-3H3. The molecule has 0 fully saturated rings. The van der Waals surface area contributed by atoms with Crippen LogP contribution < -0.4 is 0 Å². The number of carbonyl (C=O) groups is 1. The Kier molecular flexibility index (Phi) is 21.4. The van der Waals surface area contributed by atoms with Gasteiger partial charge in [-0.3, -0.25) is 4.79 Å². The van der Waals surface area contributed by atoms with E-state index in [0.29, 0.717) is 19.6 Å². The molecular weight excluding hydrogens is 482 g/mol. The van der Waals surface area contributed by atoms with Crippen molar-refractivity contribution in [3.63, 3.8) is 0 Å². The second kappa shape index (κ2) is 24.0. The van der Waals surface area contributed by atoms with Crippen LogP contribution in [0.5, 0.6) is 0 Å². The molecule has 0 bridgehead atoms. The van der Waals surface area contributed by atoms with Gasteiger partial charge in [-0.05, 0) is 31.4 Å². The summed E-state index contributed by atoms with van der Waals surface area (Å²) < 4.78 is 22.9. The first kappa shape index (κ1) is 33.9. The molecule has 0 heterocycles. The van der Waals surface area contributed by atoms with Gasteiger partial charge in [0.05, 0.1) is 45.2 Å². The average Bonchev–Trinajstić information content (AvgIpc) is 2.92. The van der Waals surface area contributed by atoms with E-state index in [1.54, 1.807) is 0 Å². The maximum Gasteiger partial charge on any atom is 0.306 e. The highest BCUT2D eigenvalue weighted by Crippen LogP contribution is 2.12. The normalized spacial score (nSPS) is 13.4. The molecule has 0 amide bonds. The van der Waals surface area contributed by atoms with Crippen LogP contribution >= 0.6 is 0 Å². The Labute approximate surface area is 230 Å². The first-order chi connectivity index (χ1) is 18.5. The summed E-state index contributed by atoms with van der Waals surface area (Å²) in [6, 6.07) is 9.96. The number of azide groups is 1. The number of ether oxygens (including phenoxy) is 4. The van der Waals surface area contributed by atoms with E-state index in [2.05, 4.69) is 16.9 Å². The molecule has 216 valence electrons. The Hall–Kier alpha value is -2.12. The largest absolute Gasteiger partial charge is 0.460 e. The van der Waals surface area contributed by atoms with Crippen molar-refractivity contribution >= 4 is 5.97 Å². The number of hydrogen-bond acceptors (Lipinski definition) is 6. The van der Waals surface area contributed by atoms with Crippen LogP contribution in [-0.2, 0) is 30.3 Å². The summed E-state index contributed by atoms with van der Waals surface area (Å²) >= 11 is 0. The lowest BCUT2D eigenvalue weighted by Crippen LogP contribution is -2.31. The summed E-state index contributed by atoms with van der Waals surface area (Å²) in [6.07, 6.45) is 13.2. The molecule has 0 spiro atoms. The molecule has 0 aromatic heterocycles. The third kappa shape index (κ3) is 19.9. The summed E-state index contributed by atoms with van der Waals surface area (Å²) in [7, 11) is 0. The number of unbranched alkanes of at least 4 members (excludes halogenated alkanes) is 10. The highest BCUT2D eigenvalue weighted by atomic mass is 16.6. The minimum Gasteiger partial charge on any atom is -0.460 e. The molecule has 0 aliphatic rings. The van der Waals surface area contributed by atoms with Crippen molar-refractivity contribution in [2.45, 2.75) is 123 Å². The van der Waals surface area contributed by atoms with Gasteiger partial charge in [0.25, 0.3) is 0 Å². The van der Waals surface area contributed by atoms with E-state index in [0.717, 1.165) is 18.4 Å². The maximum atomic E-state index is 12.2. The van der Waals surface area contributed by atoms with Gasteiger partial charge in [-0.2, -0.15) is 0 Å². The Morgan fingerprint density at radius 3 is 2.11 bits per heavy atom. The van der Waals surface area contributed by atoms with E-state index in [1.165, 1.54) is 57.8 Å². The number of carbonyl (C=O) groups excluding carboxylic acids is 1. The lowest BCUT2D eigenvalue weighted by Gasteiger charge is -2.21. The van der Waals surface area contributed by atoms with Crippen LogP contribution in [0.3, 0.4) is 0 Å². The summed E-state index contributed by atoms with van der Waals surface area (Å²) in [5.74, 6) is -0.191. The Balaban J connectivity index is 2.13. The number of hydrogen-bond donors (Lipinski definition) is 0. The fraction of sp³-hybridized carbons (Fsp3) is 0.767. The fourth-order valence-corrected chi connectivity index (χ4v) is 4.04. The van der Waals surface area contributed by atoms with Crippen LogP contribution in [-0.4, -0.2) is 50.6 Å². The molecule has 3 unspecified atom stereocenters. The highest BCUT2D eigenvalue weighted by Gasteiger charge is 2.16. The van der Waals surface area contributed by atoms with Gasteiger partial charge in [0.15, 0.2) is 0 Å². The molecule has 0 aliphatic heterocycles. The monoisotopic (exact) mass is 533 g/mol. The van der Waals surface area contributed by atoms with Gasteiger partial charge in [0, 0.05) is 11.3 Å². The average molecular weight is 534 g/mol. The molecular formula is C30H51N3O5. The third-order valence-corrected chi connectivity index (χ3v) is 6.26. The lowest BCUT2D eigenvalue weighted by atomic mass is 10.1. The molecule has 0 saturated heterocycles. The quantitative estimate of drug-likeness (QED) is 0.0417. The van der Waals surface area contributed by atoms with Crippen LogP contribution in [0.25, 0.3) is 10.4 Å². The second-order valence-electron chi connectivity index (χ2n) is 10.1. The zero-order valence-electron chi connectivity index (χ0n) is 24.0. The molecule has 3 atom stereocenters. The molecule has 8 heteroatoms. The van der Waals surface area contributed by atoms with E-state index in [9.17, 15) is 4.79 Å². The van der Waals surface area contributed by atoms with Crippen molar-refractivity contribution in [3.8, 4) is 0 Å². The van der Waals surface area contributed by atoms with Crippen LogP contribution in [0.1, 0.15) is 103 Å².